The van der Waals surface area contributed by atoms with Crippen molar-refractivity contribution in [3.63, 3.8) is 0 Å². The van der Waals surface area contributed by atoms with Gasteiger partial charge in [-0.2, -0.15) is 18.2 Å². The second kappa shape index (κ2) is 8.05. The summed E-state index contributed by atoms with van der Waals surface area (Å²) in [5.74, 6) is -1.58. The quantitative estimate of drug-likeness (QED) is 0.508. The highest BCUT2D eigenvalue weighted by atomic mass is 19.4. The van der Waals surface area contributed by atoms with Gasteiger partial charge in [0.15, 0.2) is 0 Å². The van der Waals surface area contributed by atoms with E-state index in [-0.39, 0.29) is 18.0 Å². The molecule has 0 saturated carbocycles. The first-order valence-corrected chi connectivity index (χ1v) is 9.99. The van der Waals surface area contributed by atoms with Gasteiger partial charge in [-0.3, -0.25) is 9.59 Å². The van der Waals surface area contributed by atoms with E-state index in [0.717, 1.165) is 5.56 Å². The van der Waals surface area contributed by atoms with Gasteiger partial charge in [-0.25, -0.2) is 0 Å². The molecule has 0 atom stereocenters. The molecule has 8 nitrogen and oxygen atoms in total. The molecule has 4 rings (SSSR count). The van der Waals surface area contributed by atoms with E-state index in [1.165, 1.54) is 0 Å². The lowest BCUT2D eigenvalue weighted by Gasteiger charge is -2.43. The van der Waals surface area contributed by atoms with Crippen LogP contribution >= 0.6 is 0 Å². The van der Waals surface area contributed by atoms with E-state index in [4.69, 9.17) is 4.74 Å². The number of ether oxygens (including phenoxy) is 1. The molecular weight excluding hydrogens is 429 g/mol. The zero-order valence-corrected chi connectivity index (χ0v) is 17.6. The average molecular weight is 450 g/mol. The topological polar surface area (TPSA) is 88.8 Å². The van der Waals surface area contributed by atoms with Crippen LogP contribution in [0.1, 0.15) is 25.3 Å². The minimum atomic E-state index is -4.70. The number of rotatable bonds is 7. The van der Waals surface area contributed by atoms with Crippen molar-refractivity contribution in [2.45, 2.75) is 38.8 Å². The van der Waals surface area contributed by atoms with E-state index >= 15 is 0 Å². The fourth-order valence-electron chi connectivity index (χ4n) is 3.67. The lowest BCUT2D eigenvalue weighted by atomic mass is 10.0. The van der Waals surface area contributed by atoms with Gasteiger partial charge in [-0.15, -0.1) is 0 Å². The molecule has 0 aliphatic carbocycles. The van der Waals surface area contributed by atoms with Crippen molar-refractivity contribution in [3.05, 3.63) is 56.2 Å². The minimum absolute atomic E-state index is 0.0353. The Balaban J connectivity index is 1.44. The van der Waals surface area contributed by atoms with Crippen molar-refractivity contribution >= 4 is 11.4 Å². The van der Waals surface area contributed by atoms with Crippen LogP contribution < -0.4 is 20.7 Å². The van der Waals surface area contributed by atoms with Crippen molar-refractivity contribution in [3.8, 4) is 11.4 Å². The third kappa shape index (κ3) is 4.12. The molecule has 0 amide bonds. The highest BCUT2D eigenvalue weighted by molar-refractivity contribution is 5.77. The van der Waals surface area contributed by atoms with Gasteiger partial charge in [0.1, 0.15) is 11.4 Å². The van der Waals surface area contributed by atoms with Crippen molar-refractivity contribution in [1.82, 2.24) is 10.1 Å². The Morgan fingerprint density at radius 3 is 2.41 bits per heavy atom. The van der Waals surface area contributed by atoms with Gasteiger partial charge < -0.3 is 19.1 Å². The maximum atomic E-state index is 12.6. The lowest BCUT2D eigenvalue weighted by Crippen LogP contribution is -2.58. The van der Waals surface area contributed by atoms with Crippen LogP contribution in [0.5, 0.6) is 0 Å². The molecule has 2 heterocycles. The summed E-state index contributed by atoms with van der Waals surface area (Å²) < 4.78 is 47.8. The number of alkyl halides is 3. The third-order valence-corrected chi connectivity index (χ3v) is 5.17. The summed E-state index contributed by atoms with van der Waals surface area (Å²) in [6, 6.07) is 6.52. The summed E-state index contributed by atoms with van der Waals surface area (Å²) in [5, 5.41) is 3.36. The Morgan fingerprint density at radius 1 is 1.19 bits per heavy atom. The van der Waals surface area contributed by atoms with Gasteiger partial charge in [0.25, 0.3) is 10.9 Å². The summed E-state index contributed by atoms with van der Waals surface area (Å²) in [6.45, 7) is 5.33. The van der Waals surface area contributed by atoms with Gasteiger partial charge in [0.05, 0.1) is 12.2 Å². The Bertz CT molecular complexity index is 1170. The second-order valence-electron chi connectivity index (χ2n) is 8.04. The number of anilines is 2. The van der Waals surface area contributed by atoms with E-state index in [2.05, 4.69) is 14.7 Å². The Hall–Kier alpha value is -3.21. The largest absolute Gasteiger partial charge is 0.471 e. The normalized spacial score (nSPS) is 14.9. The first-order chi connectivity index (χ1) is 15.0. The van der Waals surface area contributed by atoms with Crippen molar-refractivity contribution < 1.29 is 22.4 Å². The molecule has 170 valence electrons. The molecule has 1 saturated heterocycles. The van der Waals surface area contributed by atoms with Gasteiger partial charge >= 0.3 is 12.1 Å². The molecule has 3 aromatic rings. The molecule has 0 radical (unpaired) electrons. The number of nitrogens with zero attached hydrogens (tertiary/aromatic N) is 4. The van der Waals surface area contributed by atoms with Crippen LogP contribution in [0, 0.1) is 0 Å². The first-order valence-electron chi connectivity index (χ1n) is 9.99. The number of halogens is 3. The molecule has 0 N–H and O–H groups in total. The summed E-state index contributed by atoms with van der Waals surface area (Å²) in [4.78, 5) is 31.3. The summed E-state index contributed by atoms with van der Waals surface area (Å²) >= 11 is 0. The van der Waals surface area contributed by atoms with Gasteiger partial charge in [0.2, 0.25) is 5.82 Å². The molecule has 2 aromatic carbocycles. The van der Waals surface area contributed by atoms with Crippen LogP contribution in [-0.2, 0) is 17.5 Å². The van der Waals surface area contributed by atoms with Crippen LogP contribution in [0.2, 0.25) is 0 Å². The summed E-state index contributed by atoms with van der Waals surface area (Å²) in [7, 11) is 1.71. The summed E-state index contributed by atoms with van der Waals surface area (Å²) in [5.41, 5.74) is 0.891. The fraction of sp³-hybridized carbons (Fsp3) is 0.429. The molecule has 11 heteroatoms. The van der Waals surface area contributed by atoms with Gasteiger partial charge in [-0.05, 0) is 19.4 Å². The van der Waals surface area contributed by atoms with E-state index in [0.29, 0.717) is 36.6 Å². The fourth-order valence-corrected chi connectivity index (χ4v) is 3.67. The molecule has 1 aliphatic heterocycles. The highest BCUT2D eigenvalue weighted by Crippen LogP contribution is 2.31. The molecule has 1 fully saturated rings. The molecule has 1 aromatic heterocycles. The van der Waals surface area contributed by atoms with Crippen LogP contribution in [0.15, 0.2) is 38.4 Å². The first kappa shape index (κ1) is 22.0. The number of benzene rings is 1. The van der Waals surface area contributed by atoms with Gasteiger partial charge in [0, 0.05) is 32.2 Å². The molecule has 32 heavy (non-hydrogen) atoms. The van der Waals surface area contributed by atoms with Crippen molar-refractivity contribution in [2.24, 2.45) is 0 Å². The average Bonchev–Trinajstić information content (AvgIpc) is 3.19. The van der Waals surface area contributed by atoms with Crippen LogP contribution in [0.4, 0.5) is 24.5 Å². The Morgan fingerprint density at radius 2 is 1.84 bits per heavy atom. The number of hydrogen-bond donors (Lipinski definition) is 0. The zero-order chi connectivity index (χ0) is 23.2. The molecule has 0 bridgehead atoms. The lowest BCUT2D eigenvalue weighted by molar-refractivity contribution is -0.159. The highest BCUT2D eigenvalue weighted by Gasteiger charge is 2.39. The third-order valence-electron chi connectivity index (χ3n) is 5.17. The smallest absolute Gasteiger partial charge is 0.372 e. The van der Waals surface area contributed by atoms with E-state index < -0.39 is 22.9 Å². The predicted molar refractivity (Wildman–Crippen MR) is 110 cm³/mol. The predicted octanol–water partition coefficient (Wildman–Crippen LogP) is 2.60. The Labute approximate surface area is 180 Å². The van der Waals surface area contributed by atoms with Crippen molar-refractivity contribution in [2.75, 3.05) is 29.9 Å². The van der Waals surface area contributed by atoms with Crippen LogP contribution in [0.3, 0.4) is 0 Å². The van der Waals surface area contributed by atoms with Crippen LogP contribution in [0.25, 0.3) is 11.4 Å². The molecule has 0 unspecified atom stereocenters. The van der Waals surface area contributed by atoms with E-state index in [1.807, 2.05) is 18.7 Å². The number of aromatic nitrogens is 2. The summed E-state index contributed by atoms with van der Waals surface area (Å²) in [6.07, 6.45) is -4.58. The molecule has 0 spiro atoms. The maximum absolute atomic E-state index is 12.6. The standard InChI is InChI=1S/C21H21F3N4O4/c1-11(2)31-14-9-28(10-14)16-15(17(29)18(16)30)27(3)8-12-4-6-13(7-5-12)19-25-20(32-26-19)21(22,23)24/h4-7,11,14H,8-10H2,1-3H3. The SMILES string of the molecule is CC(C)OC1CN(c2c(N(C)Cc3ccc(-c4noc(C(F)(F)F)n4)cc3)c(=O)c2=O)C1. The van der Waals surface area contributed by atoms with Gasteiger partial charge in [-0.1, -0.05) is 29.4 Å². The van der Waals surface area contributed by atoms with Crippen molar-refractivity contribution in [1.29, 1.82) is 0 Å². The molecule has 1 aliphatic rings. The maximum Gasteiger partial charge on any atom is 0.471 e. The Kier molecular flexibility index (Phi) is 5.53. The zero-order valence-electron chi connectivity index (χ0n) is 17.6. The van der Waals surface area contributed by atoms with E-state index in [1.54, 1.807) is 36.2 Å². The van der Waals surface area contributed by atoms with Crippen LogP contribution in [-0.4, -0.2) is 42.5 Å². The monoisotopic (exact) mass is 450 g/mol. The number of hydrogen-bond acceptors (Lipinski definition) is 8. The minimum Gasteiger partial charge on any atom is -0.372 e. The second-order valence-corrected chi connectivity index (χ2v) is 8.04. The van der Waals surface area contributed by atoms with E-state index in [9.17, 15) is 22.8 Å². The molecular formula is C21H21F3N4O4.